The molecule has 20 heavy (non-hydrogen) atoms. The lowest BCUT2D eigenvalue weighted by atomic mass is 9.85. The predicted octanol–water partition coefficient (Wildman–Crippen LogP) is 3.76. The standard InChI is InChI=1S/C16H29N3.HI/c17-16(19-10-6-1-2-7-11-19)18-15-12-14(15)13-8-4-3-5-9-13;/h13-15H,1-12H2,(H2,17,18);1H. The van der Waals surface area contributed by atoms with Gasteiger partial charge in [0.15, 0.2) is 5.96 Å². The van der Waals surface area contributed by atoms with Crippen molar-refractivity contribution < 1.29 is 0 Å². The summed E-state index contributed by atoms with van der Waals surface area (Å²) < 4.78 is 0. The van der Waals surface area contributed by atoms with E-state index in [1.54, 1.807) is 0 Å². The van der Waals surface area contributed by atoms with E-state index in [0.29, 0.717) is 6.04 Å². The van der Waals surface area contributed by atoms with Gasteiger partial charge in [0, 0.05) is 13.1 Å². The van der Waals surface area contributed by atoms with Gasteiger partial charge in [0.2, 0.25) is 0 Å². The largest absolute Gasteiger partial charge is 0.370 e. The molecule has 0 aromatic rings. The Labute approximate surface area is 140 Å². The van der Waals surface area contributed by atoms with E-state index in [0.717, 1.165) is 30.9 Å². The fraction of sp³-hybridized carbons (Fsp3) is 0.938. The van der Waals surface area contributed by atoms with E-state index < -0.39 is 0 Å². The second-order valence-corrected chi connectivity index (χ2v) is 6.75. The summed E-state index contributed by atoms with van der Waals surface area (Å²) in [6.07, 6.45) is 13.8. The fourth-order valence-corrected chi connectivity index (χ4v) is 3.97. The number of halogens is 1. The van der Waals surface area contributed by atoms with Gasteiger partial charge in [-0.15, -0.1) is 24.0 Å². The Morgan fingerprint density at radius 3 is 2.15 bits per heavy atom. The van der Waals surface area contributed by atoms with Gasteiger partial charge in [-0.3, -0.25) is 0 Å². The fourth-order valence-electron chi connectivity index (χ4n) is 3.97. The molecular weight excluding hydrogens is 361 g/mol. The molecule has 116 valence electrons. The molecule has 3 nitrogen and oxygen atoms in total. The van der Waals surface area contributed by atoms with Crippen LogP contribution in [0.3, 0.4) is 0 Å². The normalized spacial score (nSPS) is 32.4. The number of likely N-dealkylation sites (tertiary alicyclic amines) is 1. The molecule has 1 heterocycles. The van der Waals surface area contributed by atoms with E-state index in [4.69, 9.17) is 10.7 Å². The minimum atomic E-state index is 0. The van der Waals surface area contributed by atoms with Crippen LogP contribution in [-0.2, 0) is 0 Å². The van der Waals surface area contributed by atoms with Crippen LogP contribution in [0.4, 0.5) is 0 Å². The molecule has 3 fully saturated rings. The number of aliphatic imine (C=N–C) groups is 1. The Kier molecular flexibility index (Phi) is 6.43. The molecule has 2 N–H and O–H groups in total. The Balaban J connectivity index is 0.00000147. The van der Waals surface area contributed by atoms with Crippen molar-refractivity contribution in [3.05, 3.63) is 0 Å². The minimum absolute atomic E-state index is 0. The zero-order valence-corrected chi connectivity index (χ0v) is 14.9. The Morgan fingerprint density at radius 2 is 1.50 bits per heavy atom. The molecule has 2 aliphatic carbocycles. The van der Waals surface area contributed by atoms with Crippen molar-refractivity contribution in [3.8, 4) is 0 Å². The molecule has 2 atom stereocenters. The smallest absolute Gasteiger partial charge is 0.191 e. The third-order valence-electron chi connectivity index (χ3n) is 5.29. The molecule has 3 rings (SSSR count). The summed E-state index contributed by atoms with van der Waals surface area (Å²) in [6, 6.07) is 0.561. The van der Waals surface area contributed by atoms with Crippen LogP contribution < -0.4 is 5.73 Å². The van der Waals surface area contributed by atoms with Gasteiger partial charge in [-0.1, -0.05) is 44.9 Å². The maximum absolute atomic E-state index is 6.23. The molecule has 0 spiro atoms. The van der Waals surface area contributed by atoms with Crippen molar-refractivity contribution in [1.29, 1.82) is 0 Å². The molecule has 0 bridgehead atoms. The highest BCUT2D eigenvalue weighted by atomic mass is 127. The van der Waals surface area contributed by atoms with Crippen LogP contribution in [0, 0.1) is 11.8 Å². The number of guanidine groups is 1. The predicted molar refractivity (Wildman–Crippen MR) is 95.5 cm³/mol. The van der Waals surface area contributed by atoms with Crippen molar-refractivity contribution >= 4 is 29.9 Å². The third kappa shape index (κ3) is 4.25. The maximum atomic E-state index is 6.23. The molecule has 0 aromatic carbocycles. The molecule has 4 heteroatoms. The molecule has 1 saturated heterocycles. The number of hydrogen-bond acceptors (Lipinski definition) is 1. The lowest BCUT2D eigenvalue weighted by molar-refractivity contribution is 0.318. The highest BCUT2D eigenvalue weighted by Crippen LogP contribution is 2.46. The molecule has 3 aliphatic rings. The molecule has 1 aliphatic heterocycles. The zero-order valence-electron chi connectivity index (χ0n) is 12.6. The molecule has 2 saturated carbocycles. The van der Waals surface area contributed by atoms with E-state index in [-0.39, 0.29) is 24.0 Å². The van der Waals surface area contributed by atoms with Gasteiger partial charge < -0.3 is 10.6 Å². The van der Waals surface area contributed by atoms with Gasteiger partial charge in [0.25, 0.3) is 0 Å². The van der Waals surface area contributed by atoms with E-state index in [2.05, 4.69) is 4.90 Å². The Bertz CT molecular complexity index is 318. The van der Waals surface area contributed by atoms with Crippen LogP contribution in [0.25, 0.3) is 0 Å². The quantitative estimate of drug-likeness (QED) is 0.442. The Morgan fingerprint density at radius 1 is 0.900 bits per heavy atom. The maximum Gasteiger partial charge on any atom is 0.191 e. The Hall–Kier alpha value is 0. The lowest BCUT2D eigenvalue weighted by Gasteiger charge is -2.22. The van der Waals surface area contributed by atoms with Crippen molar-refractivity contribution in [1.82, 2.24) is 4.90 Å². The topological polar surface area (TPSA) is 41.6 Å². The van der Waals surface area contributed by atoms with E-state index in [1.807, 2.05) is 0 Å². The second kappa shape index (κ2) is 7.85. The minimum Gasteiger partial charge on any atom is -0.370 e. The first kappa shape index (κ1) is 16.4. The third-order valence-corrected chi connectivity index (χ3v) is 5.29. The summed E-state index contributed by atoms with van der Waals surface area (Å²) in [6.45, 7) is 2.24. The molecular formula is C16H30IN3. The van der Waals surface area contributed by atoms with Crippen LogP contribution in [0.15, 0.2) is 4.99 Å². The molecule has 0 radical (unpaired) electrons. The number of nitrogens with zero attached hydrogens (tertiary/aromatic N) is 2. The number of rotatable bonds is 2. The van der Waals surface area contributed by atoms with Crippen LogP contribution >= 0.6 is 24.0 Å². The van der Waals surface area contributed by atoms with Crippen molar-refractivity contribution in [2.75, 3.05) is 13.1 Å². The first-order valence-corrected chi connectivity index (χ1v) is 8.43. The summed E-state index contributed by atoms with van der Waals surface area (Å²) in [5, 5.41) is 0. The number of nitrogens with two attached hydrogens (primary N) is 1. The summed E-state index contributed by atoms with van der Waals surface area (Å²) in [7, 11) is 0. The highest BCUT2D eigenvalue weighted by molar-refractivity contribution is 14.0. The summed E-state index contributed by atoms with van der Waals surface area (Å²) in [5.41, 5.74) is 6.23. The highest BCUT2D eigenvalue weighted by Gasteiger charge is 2.43. The monoisotopic (exact) mass is 391 g/mol. The summed E-state index contributed by atoms with van der Waals surface area (Å²) in [4.78, 5) is 7.15. The van der Waals surface area contributed by atoms with Crippen LogP contribution in [-0.4, -0.2) is 30.0 Å². The van der Waals surface area contributed by atoms with E-state index in [1.165, 1.54) is 64.2 Å². The van der Waals surface area contributed by atoms with Gasteiger partial charge >= 0.3 is 0 Å². The van der Waals surface area contributed by atoms with Crippen LogP contribution in [0.2, 0.25) is 0 Å². The van der Waals surface area contributed by atoms with Crippen molar-refractivity contribution in [2.45, 2.75) is 70.3 Å². The zero-order chi connectivity index (χ0) is 13.1. The first-order chi connectivity index (χ1) is 9.34. The second-order valence-electron chi connectivity index (χ2n) is 6.75. The first-order valence-electron chi connectivity index (χ1n) is 8.43. The van der Waals surface area contributed by atoms with Gasteiger partial charge in [-0.25, -0.2) is 4.99 Å². The molecule has 0 aromatic heterocycles. The summed E-state index contributed by atoms with van der Waals surface area (Å²) in [5.74, 6) is 2.66. The van der Waals surface area contributed by atoms with Crippen LogP contribution in [0.5, 0.6) is 0 Å². The average molecular weight is 391 g/mol. The average Bonchev–Trinajstić information content (AvgIpc) is 3.22. The van der Waals surface area contributed by atoms with Crippen LogP contribution in [0.1, 0.15) is 64.2 Å². The van der Waals surface area contributed by atoms with Crippen molar-refractivity contribution in [2.24, 2.45) is 22.6 Å². The lowest BCUT2D eigenvalue weighted by Crippen LogP contribution is -2.38. The molecule has 2 unspecified atom stereocenters. The summed E-state index contributed by atoms with van der Waals surface area (Å²) >= 11 is 0. The van der Waals surface area contributed by atoms with Gasteiger partial charge in [-0.05, 0) is 31.1 Å². The SMILES string of the molecule is I.NC(=NC1CC1C1CCCCC1)N1CCCCCC1. The number of hydrogen-bond donors (Lipinski definition) is 1. The van der Waals surface area contributed by atoms with E-state index >= 15 is 0 Å². The van der Waals surface area contributed by atoms with Gasteiger partial charge in [0.05, 0.1) is 6.04 Å². The van der Waals surface area contributed by atoms with Crippen molar-refractivity contribution in [3.63, 3.8) is 0 Å². The van der Waals surface area contributed by atoms with Gasteiger partial charge in [0.1, 0.15) is 0 Å². The molecule has 0 amide bonds. The van der Waals surface area contributed by atoms with E-state index in [9.17, 15) is 0 Å². The van der Waals surface area contributed by atoms with Gasteiger partial charge in [-0.2, -0.15) is 0 Å².